The van der Waals surface area contributed by atoms with E-state index in [-0.39, 0.29) is 17.7 Å². The highest BCUT2D eigenvalue weighted by molar-refractivity contribution is 5.96. The zero-order valence-corrected chi connectivity index (χ0v) is 11.7. The van der Waals surface area contributed by atoms with Crippen LogP contribution in [0.25, 0.3) is 0 Å². The molecule has 20 heavy (non-hydrogen) atoms. The molecule has 0 bridgehead atoms. The number of unbranched alkanes of at least 4 members (excludes halogenated alkanes) is 4. The number of hydroxylamine groups is 1. The van der Waals surface area contributed by atoms with Gasteiger partial charge in [0.25, 0.3) is 5.91 Å². The number of hydrogen-bond donors (Lipinski definition) is 2. The summed E-state index contributed by atoms with van der Waals surface area (Å²) in [6.07, 6.45) is 5.45. The topological polar surface area (TPSA) is 75.6 Å². The Morgan fingerprint density at radius 1 is 1.15 bits per heavy atom. The van der Waals surface area contributed by atoms with Crippen LogP contribution in [0.15, 0.2) is 24.3 Å². The maximum absolute atomic E-state index is 11.6. The summed E-state index contributed by atoms with van der Waals surface area (Å²) in [6, 6.07) is 6.06. The van der Waals surface area contributed by atoms with Crippen LogP contribution < -0.4 is 5.48 Å². The lowest BCUT2D eigenvalue weighted by Crippen LogP contribution is -2.27. The molecule has 0 aromatic heterocycles. The third kappa shape index (κ3) is 5.73. The number of carbonyl (C=O) groups is 2. The highest BCUT2D eigenvalue weighted by atomic mass is 16.7. The van der Waals surface area contributed by atoms with E-state index in [1.165, 1.54) is 18.6 Å². The van der Waals surface area contributed by atoms with Gasteiger partial charge in [-0.15, -0.1) is 0 Å². The molecule has 0 radical (unpaired) electrons. The van der Waals surface area contributed by atoms with Crippen molar-refractivity contribution < 1.29 is 19.5 Å². The first kappa shape index (κ1) is 16.0. The van der Waals surface area contributed by atoms with E-state index in [9.17, 15) is 14.7 Å². The zero-order chi connectivity index (χ0) is 14.8. The second-order valence-corrected chi connectivity index (χ2v) is 4.59. The predicted molar refractivity (Wildman–Crippen MR) is 75.0 cm³/mol. The van der Waals surface area contributed by atoms with Crippen molar-refractivity contribution in [3.05, 3.63) is 29.8 Å². The lowest BCUT2D eigenvalue weighted by Gasteiger charge is -2.06. The van der Waals surface area contributed by atoms with Gasteiger partial charge in [0.1, 0.15) is 5.75 Å². The smallest absolute Gasteiger partial charge is 0.332 e. The summed E-state index contributed by atoms with van der Waals surface area (Å²) in [5.74, 6) is -1.26. The summed E-state index contributed by atoms with van der Waals surface area (Å²) >= 11 is 0. The SMILES string of the molecule is CCCCCCCC(=O)ONC(=O)c1ccccc1O. The van der Waals surface area contributed by atoms with Gasteiger partial charge in [0.15, 0.2) is 0 Å². The number of nitrogens with one attached hydrogen (secondary N) is 1. The highest BCUT2D eigenvalue weighted by Gasteiger charge is 2.12. The van der Waals surface area contributed by atoms with Crippen molar-refractivity contribution in [3.63, 3.8) is 0 Å². The molecule has 0 atom stereocenters. The van der Waals surface area contributed by atoms with Gasteiger partial charge in [-0.2, -0.15) is 5.48 Å². The van der Waals surface area contributed by atoms with Crippen LogP contribution in [-0.4, -0.2) is 17.0 Å². The first-order chi connectivity index (χ1) is 9.65. The highest BCUT2D eigenvalue weighted by Crippen LogP contribution is 2.15. The van der Waals surface area contributed by atoms with E-state index in [0.29, 0.717) is 0 Å². The number of aromatic hydroxyl groups is 1. The molecule has 0 aliphatic carbocycles. The van der Waals surface area contributed by atoms with Crippen molar-refractivity contribution in [2.45, 2.75) is 45.4 Å². The van der Waals surface area contributed by atoms with Crippen LogP contribution >= 0.6 is 0 Å². The van der Waals surface area contributed by atoms with E-state index >= 15 is 0 Å². The van der Waals surface area contributed by atoms with Gasteiger partial charge in [0, 0.05) is 6.42 Å². The Kier molecular flexibility index (Phi) is 7.17. The van der Waals surface area contributed by atoms with Crippen molar-refractivity contribution in [2.24, 2.45) is 0 Å². The van der Waals surface area contributed by atoms with Gasteiger partial charge in [-0.1, -0.05) is 44.7 Å². The van der Waals surface area contributed by atoms with Crippen LogP contribution in [0, 0.1) is 0 Å². The van der Waals surface area contributed by atoms with Crippen molar-refractivity contribution in [2.75, 3.05) is 0 Å². The van der Waals surface area contributed by atoms with Crippen LogP contribution in [0.4, 0.5) is 0 Å². The molecule has 0 heterocycles. The fraction of sp³-hybridized carbons (Fsp3) is 0.467. The van der Waals surface area contributed by atoms with Gasteiger partial charge in [0.05, 0.1) is 5.56 Å². The molecule has 0 spiro atoms. The number of amides is 1. The number of para-hydroxylation sites is 1. The Labute approximate surface area is 118 Å². The largest absolute Gasteiger partial charge is 0.507 e. The molecule has 0 saturated carbocycles. The summed E-state index contributed by atoms with van der Waals surface area (Å²) in [6.45, 7) is 2.13. The van der Waals surface area contributed by atoms with Crippen LogP contribution in [0.2, 0.25) is 0 Å². The van der Waals surface area contributed by atoms with E-state index < -0.39 is 11.9 Å². The van der Waals surface area contributed by atoms with Gasteiger partial charge in [-0.25, -0.2) is 4.79 Å². The van der Waals surface area contributed by atoms with Gasteiger partial charge < -0.3 is 9.94 Å². The number of rotatable bonds is 7. The zero-order valence-electron chi connectivity index (χ0n) is 11.7. The number of hydrogen-bond acceptors (Lipinski definition) is 4. The minimum absolute atomic E-state index is 0.0724. The third-order valence-electron chi connectivity index (χ3n) is 2.89. The Morgan fingerprint density at radius 2 is 1.85 bits per heavy atom. The first-order valence-corrected chi connectivity index (χ1v) is 6.93. The minimum Gasteiger partial charge on any atom is -0.507 e. The van der Waals surface area contributed by atoms with Crippen LogP contribution in [0.3, 0.4) is 0 Å². The summed E-state index contributed by atoms with van der Waals surface area (Å²) < 4.78 is 0. The Bertz CT molecular complexity index is 445. The molecule has 1 aromatic rings. The molecule has 110 valence electrons. The second-order valence-electron chi connectivity index (χ2n) is 4.59. The average molecular weight is 279 g/mol. The normalized spacial score (nSPS) is 10.1. The molecule has 5 nitrogen and oxygen atoms in total. The summed E-state index contributed by atoms with van der Waals surface area (Å²) in [4.78, 5) is 27.7. The Hall–Kier alpha value is -2.04. The second kappa shape index (κ2) is 8.96. The van der Waals surface area contributed by atoms with Crippen LogP contribution in [0.5, 0.6) is 5.75 Å². The van der Waals surface area contributed by atoms with E-state index in [1.54, 1.807) is 12.1 Å². The molecule has 0 aliphatic heterocycles. The predicted octanol–water partition coefficient (Wildman–Crippen LogP) is 2.94. The van der Waals surface area contributed by atoms with E-state index in [2.05, 4.69) is 11.8 Å². The maximum Gasteiger partial charge on any atom is 0.332 e. The molecule has 0 saturated heterocycles. The van der Waals surface area contributed by atoms with Gasteiger partial charge in [-0.05, 0) is 18.6 Å². The average Bonchev–Trinajstić information content (AvgIpc) is 2.45. The van der Waals surface area contributed by atoms with Crippen molar-refractivity contribution in [1.82, 2.24) is 5.48 Å². The van der Waals surface area contributed by atoms with Crippen molar-refractivity contribution in [1.29, 1.82) is 0 Å². The van der Waals surface area contributed by atoms with E-state index in [0.717, 1.165) is 25.7 Å². The maximum atomic E-state index is 11.6. The lowest BCUT2D eigenvalue weighted by atomic mass is 10.1. The lowest BCUT2D eigenvalue weighted by molar-refractivity contribution is -0.149. The Morgan fingerprint density at radius 3 is 2.55 bits per heavy atom. The number of benzene rings is 1. The van der Waals surface area contributed by atoms with Gasteiger partial charge in [0.2, 0.25) is 0 Å². The quantitative estimate of drug-likeness (QED) is 0.594. The number of carbonyl (C=O) groups excluding carboxylic acids is 2. The van der Waals surface area contributed by atoms with Crippen LogP contribution in [-0.2, 0) is 9.63 Å². The van der Waals surface area contributed by atoms with Crippen molar-refractivity contribution in [3.8, 4) is 5.75 Å². The van der Waals surface area contributed by atoms with E-state index in [1.807, 2.05) is 5.48 Å². The summed E-state index contributed by atoms with van der Waals surface area (Å²) in [7, 11) is 0. The summed E-state index contributed by atoms with van der Waals surface area (Å²) in [5.41, 5.74) is 2.12. The molecule has 1 aromatic carbocycles. The summed E-state index contributed by atoms with van der Waals surface area (Å²) in [5, 5.41) is 9.47. The Balaban J connectivity index is 2.24. The van der Waals surface area contributed by atoms with Gasteiger partial charge in [-0.3, -0.25) is 4.79 Å². The number of phenolic OH excluding ortho intramolecular Hbond substituents is 1. The molecule has 2 N–H and O–H groups in total. The first-order valence-electron chi connectivity index (χ1n) is 6.93. The van der Waals surface area contributed by atoms with Crippen LogP contribution in [0.1, 0.15) is 55.8 Å². The minimum atomic E-state index is -0.637. The monoisotopic (exact) mass is 279 g/mol. The third-order valence-corrected chi connectivity index (χ3v) is 2.89. The van der Waals surface area contributed by atoms with E-state index in [4.69, 9.17) is 0 Å². The standard InChI is InChI=1S/C15H21NO4/c1-2-3-4-5-6-11-14(18)20-16-15(19)12-9-7-8-10-13(12)17/h7-10,17H,2-6,11H2,1H3,(H,16,19). The molecular weight excluding hydrogens is 258 g/mol. The van der Waals surface area contributed by atoms with Gasteiger partial charge >= 0.3 is 5.97 Å². The molecule has 0 unspecified atom stereocenters. The van der Waals surface area contributed by atoms with Crippen molar-refractivity contribution >= 4 is 11.9 Å². The molecule has 1 amide bonds. The molecule has 5 heteroatoms. The molecule has 1 rings (SSSR count). The molecular formula is C15H21NO4. The molecule has 0 aliphatic rings. The molecule has 0 fully saturated rings. The fourth-order valence-electron chi connectivity index (χ4n) is 1.75. The number of phenols is 1. The fourth-order valence-corrected chi connectivity index (χ4v) is 1.75.